The first-order valence-electron chi connectivity index (χ1n) is 6.84. The summed E-state index contributed by atoms with van der Waals surface area (Å²) in [6.45, 7) is 4.71. The Hall–Kier alpha value is -1.27. The smallest absolute Gasteiger partial charge is 0.212 e. The van der Waals surface area contributed by atoms with E-state index >= 15 is 0 Å². The number of nitrogens with zero attached hydrogens (tertiary/aromatic N) is 4. The molecular weight excluding hydrogens is 258 g/mol. The largest absolute Gasteiger partial charge is 0.325 e. The molecule has 0 saturated heterocycles. The molecule has 2 aromatic heterocycles. The van der Waals surface area contributed by atoms with Gasteiger partial charge in [0.05, 0.1) is 11.4 Å². The summed E-state index contributed by atoms with van der Waals surface area (Å²) in [7, 11) is 0. The van der Waals surface area contributed by atoms with Crippen molar-refractivity contribution in [2.45, 2.75) is 52.0 Å². The summed E-state index contributed by atoms with van der Waals surface area (Å²) in [4.78, 5) is 6.17. The van der Waals surface area contributed by atoms with Crippen LogP contribution in [0.2, 0.25) is 0 Å². The summed E-state index contributed by atoms with van der Waals surface area (Å²) in [5, 5.41) is 9.40. The molecule has 2 aromatic rings. The van der Waals surface area contributed by atoms with Gasteiger partial charge in [-0.3, -0.25) is 0 Å². The highest BCUT2D eigenvalue weighted by Gasteiger charge is 2.21. The average Bonchev–Trinajstić information content (AvgIpc) is 3.01. The second-order valence-corrected chi connectivity index (χ2v) is 6.33. The molecule has 0 atom stereocenters. The number of thiazole rings is 1. The predicted molar refractivity (Wildman–Crippen MR) is 75.7 cm³/mol. The summed E-state index contributed by atoms with van der Waals surface area (Å²) < 4.78 is 1.88. The molecule has 0 saturated carbocycles. The first-order valence-corrected chi connectivity index (χ1v) is 7.66. The van der Waals surface area contributed by atoms with Crippen molar-refractivity contribution in [3.63, 3.8) is 0 Å². The highest BCUT2D eigenvalue weighted by Crippen LogP contribution is 2.30. The van der Waals surface area contributed by atoms with Crippen LogP contribution in [0.4, 0.5) is 0 Å². The van der Waals surface area contributed by atoms with Crippen LogP contribution >= 0.6 is 11.3 Å². The van der Waals surface area contributed by atoms with Crippen molar-refractivity contribution in [3.8, 4) is 5.13 Å². The Labute approximate surface area is 116 Å². The minimum absolute atomic E-state index is 0.342. The van der Waals surface area contributed by atoms with E-state index in [0.29, 0.717) is 12.5 Å². The molecule has 0 unspecified atom stereocenters. The molecule has 0 bridgehead atoms. The lowest BCUT2D eigenvalue weighted by Crippen LogP contribution is -2.07. The number of rotatable bonds is 3. The van der Waals surface area contributed by atoms with Gasteiger partial charge in [0.1, 0.15) is 5.69 Å². The van der Waals surface area contributed by atoms with E-state index in [9.17, 15) is 0 Å². The number of aryl methyl sites for hydroxylation is 2. The summed E-state index contributed by atoms with van der Waals surface area (Å²) in [6.07, 6.45) is 4.78. The number of fused-ring (bicyclic) bond motifs is 1. The van der Waals surface area contributed by atoms with Crippen LogP contribution in [0.25, 0.3) is 5.13 Å². The first kappa shape index (κ1) is 12.7. The van der Waals surface area contributed by atoms with E-state index in [-0.39, 0.29) is 0 Å². The van der Waals surface area contributed by atoms with Crippen LogP contribution in [0.1, 0.15) is 54.6 Å². The molecule has 2 N–H and O–H groups in total. The van der Waals surface area contributed by atoms with Crippen LogP contribution in [0.5, 0.6) is 0 Å². The van der Waals surface area contributed by atoms with Gasteiger partial charge in [-0.15, -0.1) is 5.10 Å². The van der Waals surface area contributed by atoms with Crippen LogP contribution in [0, 0.1) is 0 Å². The van der Waals surface area contributed by atoms with Crippen molar-refractivity contribution in [2.24, 2.45) is 5.73 Å². The maximum Gasteiger partial charge on any atom is 0.212 e. The number of hydrogen-bond acceptors (Lipinski definition) is 5. The molecule has 102 valence electrons. The normalized spacial score (nSPS) is 14.9. The lowest BCUT2D eigenvalue weighted by molar-refractivity contribution is 0.673. The van der Waals surface area contributed by atoms with Crippen molar-refractivity contribution < 1.29 is 0 Å². The maximum absolute atomic E-state index is 5.74. The summed E-state index contributed by atoms with van der Waals surface area (Å²) in [5.74, 6) is 0.342. The molecule has 3 rings (SSSR count). The van der Waals surface area contributed by atoms with E-state index in [1.54, 1.807) is 11.3 Å². The zero-order valence-corrected chi connectivity index (χ0v) is 12.2. The molecule has 0 spiro atoms. The third-order valence-electron chi connectivity index (χ3n) is 3.53. The third kappa shape index (κ3) is 2.19. The second kappa shape index (κ2) is 5.02. The van der Waals surface area contributed by atoms with Crippen molar-refractivity contribution in [2.75, 3.05) is 0 Å². The highest BCUT2D eigenvalue weighted by atomic mass is 32.1. The summed E-state index contributed by atoms with van der Waals surface area (Å²) in [6, 6.07) is 0. The van der Waals surface area contributed by atoms with Crippen molar-refractivity contribution in [1.29, 1.82) is 0 Å². The Morgan fingerprint density at radius 3 is 2.79 bits per heavy atom. The molecule has 1 aliphatic carbocycles. The fourth-order valence-corrected chi connectivity index (χ4v) is 3.72. The molecular formula is C13H19N5S. The fourth-order valence-electron chi connectivity index (χ4n) is 2.61. The van der Waals surface area contributed by atoms with Gasteiger partial charge in [-0.25, -0.2) is 4.98 Å². The minimum atomic E-state index is 0.342. The van der Waals surface area contributed by atoms with Gasteiger partial charge in [0, 0.05) is 11.4 Å². The molecule has 2 heterocycles. The first-order chi connectivity index (χ1) is 9.20. The Kier molecular flexibility index (Phi) is 3.36. The molecule has 0 amide bonds. The molecule has 0 radical (unpaired) electrons. The lowest BCUT2D eigenvalue weighted by atomic mass is 10.0. The third-order valence-corrected chi connectivity index (χ3v) is 4.67. The van der Waals surface area contributed by atoms with Crippen molar-refractivity contribution >= 4 is 11.3 Å². The van der Waals surface area contributed by atoms with Gasteiger partial charge in [0.25, 0.3) is 0 Å². The van der Waals surface area contributed by atoms with Gasteiger partial charge in [0.2, 0.25) is 5.13 Å². The molecule has 0 aromatic carbocycles. The predicted octanol–water partition coefficient (Wildman–Crippen LogP) is 2.18. The van der Waals surface area contributed by atoms with Gasteiger partial charge in [0.15, 0.2) is 0 Å². The Morgan fingerprint density at radius 1 is 1.32 bits per heavy atom. The van der Waals surface area contributed by atoms with E-state index in [0.717, 1.165) is 29.4 Å². The number of nitrogens with two attached hydrogens (primary N) is 1. The van der Waals surface area contributed by atoms with Gasteiger partial charge >= 0.3 is 0 Å². The molecule has 1 aliphatic rings. The van der Waals surface area contributed by atoms with Gasteiger partial charge in [-0.2, -0.15) is 4.68 Å². The minimum Gasteiger partial charge on any atom is -0.325 e. The highest BCUT2D eigenvalue weighted by molar-refractivity contribution is 7.14. The summed E-state index contributed by atoms with van der Waals surface area (Å²) >= 11 is 1.75. The molecule has 0 aliphatic heterocycles. The molecule has 0 fully saturated rings. The number of aromatic nitrogens is 4. The number of hydrogen-bond donors (Lipinski definition) is 1. The van der Waals surface area contributed by atoms with Gasteiger partial charge in [-0.1, -0.05) is 30.4 Å². The van der Waals surface area contributed by atoms with E-state index in [4.69, 9.17) is 10.7 Å². The van der Waals surface area contributed by atoms with E-state index in [1.807, 2.05) is 4.68 Å². The zero-order chi connectivity index (χ0) is 13.4. The van der Waals surface area contributed by atoms with Crippen molar-refractivity contribution in [3.05, 3.63) is 22.0 Å². The van der Waals surface area contributed by atoms with E-state index < -0.39 is 0 Å². The van der Waals surface area contributed by atoms with E-state index in [2.05, 4.69) is 24.2 Å². The average molecular weight is 277 g/mol. The van der Waals surface area contributed by atoms with Crippen LogP contribution in [-0.2, 0) is 19.4 Å². The molecule has 6 heteroatoms. The Morgan fingerprint density at radius 2 is 2.11 bits per heavy atom. The van der Waals surface area contributed by atoms with Crippen LogP contribution in [0.15, 0.2) is 0 Å². The lowest BCUT2D eigenvalue weighted by Gasteiger charge is -2.07. The van der Waals surface area contributed by atoms with Crippen LogP contribution < -0.4 is 5.73 Å². The van der Waals surface area contributed by atoms with E-state index in [1.165, 1.54) is 23.4 Å². The topological polar surface area (TPSA) is 69.6 Å². The molecule has 5 nitrogen and oxygen atoms in total. The van der Waals surface area contributed by atoms with Crippen LogP contribution in [0.3, 0.4) is 0 Å². The standard InChI is InChI=1S/C13H19N5S/c1-8(2)12-10(7-14)16-17-18(12)13-15-9-5-3-4-6-11(9)19-13/h8H,3-7,14H2,1-2H3. The maximum atomic E-state index is 5.74. The van der Waals surface area contributed by atoms with Crippen molar-refractivity contribution in [1.82, 2.24) is 20.0 Å². The Bertz CT molecular complexity index is 560. The fraction of sp³-hybridized carbons (Fsp3) is 0.615. The second-order valence-electron chi connectivity index (χ2n) is 5.27. The van der Waals surface area contributed by atoms with Gasteiger partial charge < -0.3 is 5.73 Å². The zero-order valence-electron chi connectivity index (χ0n) is 11.4. The monoisotopic (exact) mass is 277 g/mol. The van der Waals surface area contributed by atoms with Gasteiger partial charge in [-0.05, 0) is 31.6 Å². The molecule has 19 heavy (non-hydrogen) atoms. The summed E-state index contributed by atoms with van der Waals surface area (Å²) in [5.41, 5.74) is 8.97. The SMILES string of the molecule is CC(C)c1c(CN)nnn1-c1nc2c(s1)CCCC2. The quantitative estimate of drug-likeness (QED) is 0.933. The van der Waals surface area contributed by atoms with Crippen LogP contribution in [-0.4, -0.2) is 20.0 Å². The Balaban J connectivity index is 2.06.